The van der Waals surface area contributed by atoms with Crippen molar-refractivity contribution in [2.75, 3.05) is 73.0 Å². The molecule has 2 saturated heterocycles. The van der Waals surface area contributed by atoms with Gasteiger partial charge in [-0.2, -0.15) is 10.2 Å². The zero-order chi connectivity index (χ0) is 34.1. The first-order chi connectivity index (χ1) is 24.6. The Balaban J connectivity index is 0.891. The summed E-state index contributed by atoms with van der Waals surface area (Å²) in [5.41, 5.74) is 5.96. The van der Waals surface area contributed by atoms with Crippen molar-refractivity contribution in [3.8, 4) is 0 Å². The number of amides is 2. The first-order valence-corrected chi connectivity index (χ1v) is 17.7. The molecule has 2 aromatic heterocycles. The lowest BCUT2D eigenvalue weighted by atomic mass is 9.78. The first kappa shape index (κ1) is 33.6. The zero-order valence-corrected chi connectivity index (χ0v) is 28.3. The number of ether oxygens (including phenoxy) is 2. The van der Waals surface area contributed by atoms with E-state index in [4.69, 9.17) is 9.47 Å². The largest absolute Gasteiger partial charge is 0.378 e. The van der Waals surface area contributed by atoms with Crippen LogP contribution in [0.2, 0.25) is 0 Å². The van der Waals surface area contributed by atoms with Gasteiger partial charge in [0.25, 0.3) is 0 Å². The molecule has 12 nitrogen and oxygen atoms in total. The molecule has 2 aliphatic heterocycles. The maximum atomic E-state index is 12.8. The summed E-state index contributed by atoms with van der Waals surface area (Å²) in [6.45, 7) is 6.29. The Morgan fingerprint density at radius 1 is 0.620 bits per heavy atom. The molecule has 0 bridgehead atoms. The molecule has 3 aliphatic rings. The lowest BCUT2D eigenvalue weighted by molar-refractivity contribution is -0.116. The second-order valence-electron chi connectivity index (χ2n) is 13.2. The van der Waals surface area contributed by atoms with E-state index in [0.717, 1.165) is 112 Å². The average molecular weight is 677 g/mol. The van der Waals surface area contributed by atoms with Crippen molar-refractivity contribution in [1.29, 1.82) is 0 Å². The van der Waals surface area contributed by atoms with Crippen LogP contribution in [0.5, 0.6) is 0 Å². The normalized spacial score (nSPS) is 19.5. The van der Waals surface area contributed by atoms with Gasteiger partial charge in [0, 0.05) is 49.4 Å². The van der Waals surface area contributed by atoms with Crippen LogP contribution in [0.3, 0.4) is 0 Å². The Morgan fingerprint density at radius 3 is 1.50 bits per heavy atom. The molecule has 260 valence electrons. The van der Waals surface area contributed by atoms with Gasteiger partial charge in [-0.1, -0.05) is 30.7 Å². The van der Waals surface area contributed by atoms with Gasteiger partial charge in [0.1, 0.15) is 0 Å². The van der Waals surface area contributed by atoms with Gasteiger partial charge in [0.05, 0.1) is 50.7 Å². The fourth-order valence-electron chi connectivity index (χ4n) is 7.10. The molecule has 1 aliphatic carbocycles. The topological polar surface area (TPSA) is 135 Å². The Kier molecular flexibility index (Phi) is 10.9. The fraction of sp³-hybridized carbons (Fsp3) is 0.421. The van der Waals surface area contributed by atoms with Gasteiger partial charge >= 0.3 is 0 Å². The maximum Gasteiger partial charge on any atom is 0.229 e. The second-order valence-corrected chi connectivity index (χ2v) is 13.2. The minimum atomic E-state index is -0.125. The molecule has 2 atom stereocenters. The van der Waals surface area contributed by atoms with Crippen molar-refractivity contribution in [1.82, 2.24) is 20.4 Å². The van der Waals surface area contributed by atoms with Crippen molar-refractivity contribution in [2.24, 2.45) is 0 Å². The molecule has 0 unspecified atom stereocenters. The number of benzene rings is 2. The van der Waals surface area contributed by atoms with Crippen LogP contribution in [-0.2, 0) is 31.9 Å². The summed E-state index contributed by atoms with van der Waals surface area (Å²) in [5.74, 6) is 1.12. The van der Waals surface area contributed by atoms with Crippen LogP contribution >= 0.6 is 0 Å². The van der Waals surface area contributed by atoms with Crippen molar-refractivity contribution < 1.29 is 19.1 Å². The molecule has 2 amide bonds. The summed E-state index contributed by atoms with van der Waals surface area (Å²) in [5, 5.41) is 23.5. The predicted molar refractivity (Wildman–Crippen MR) is 192 cm³/mol. The third-order valence-electron chi connectivity index (χ3n) is 9.72. The summed E-state index contributed by atoms with van der Waals surface area (Å²) in [4.78, 5) is 30.2. The van der Waals surface area contributed by atoms with Crippen LogP contribution in [0, 0.1) is 0 Å². The van der Waals surface area contributed by atoms with Gasteiger partial charge in [-0.15, -0.1) is 10.2 Å². The SMILES string of the molecule is O=C(Cc1cccc(N2CCOCC2)c1)Nc1ccc([C@H]2CCC[C@H](c3ccc(NC(=O)Cc4cccc(N5CCOCC5)c4)nn3)C2)nn1. The molecule has 3 fully saturated rings. The Bertz CT molecular complexity index is 1610. The van der Waals surface area contributed by atoms with Gasteiger partial charge < -0.3 is 29.9 Å². The number of hydrogen-bond donors (Lipinski definition) is 2. The number of aromatic nitrogens is 4. The van der Waals surface area contributed by atoms with Gasteiger partial charge in [-0.05, 0) is 78.9 Å². The molecule has 2 aromatic carbocycles. The minimum absolute atomic E-state index is 0.125. The number of hydrogen-bond acceptors (Lipinski definition) is 10. The van der Waals surface area contributed by atoms with E-state index in [1.807, 2.05) is 48.5 Å². The molecular formula is C38H44N8O4. The first-order valence-electron chi connectivity index (χ1n) is 17.7. The standard InChI is InChI=1S/C38H44N8O4/c47-37(24-27-4-1-8-31(22-27)45-14-18-49-19-15-45)39-35-12-10-33(41-43-35)29-6-3-7-30(26-29)34-11-13-36(44-42-34)40-38(48)25-28-5-2-9-32(23-28)46-16-20-50-21-17-46/h1-2,4-5,8-13,22-23,29-30H,3,6-7,14-21,24-26H2,(H,39,43,47)(H,40,44,48)/t29-,30-/m0/s1. The van der Waals surface area contributed by atoms with Crippen LogP contribution in [0.4, 0.5) is 23.0 Å². The van der Waals surface area contributed by atoms with Crippen LogP contribution in [0.25, 0.3) is 0 Å². The number of nitrogens with one attached hydrogen (secondary N) is 2. The van der Waals surface area contributed by atoms with E-state index in [2.05, 4.69) is 65.1 Å². The number of morpholine rings is 2. The zero-order valence-electron chi connectivity index (χ0n) is 28.3. The van der Waals surface area contributed by atoms with E-state index in [-0.39, 0.29) is 36.5 Å². The highest BCUT2D eigenvalue weighted by Gasteiger charge is 2.27. The van der Waals surface area contributed by atoms with E-state index < -0.39 is 0 Å². The molecular weight excluding hydrogens is 632 g/mol. The highest BCUT2D eigenvalue weighted by molar-refractivity contribution is 5.92. The van der Waals surface area contributed by atoms with Gasteiger partial charge in [-0.3, -0.25) is 9.59 Å². The monoisotopic (exact) mass is 676 g/mol. The number of rotatable bonds is 10. The molecule has 4 heterocycles. The van der Waals surface area contributed by atoms with Crippen molar-refractivity contribution in [2.45, 2.75) is 50.4 Å². The molecule has 7 rings (SSSR count). The van der Waals surface area contributed by atoms with Crippen molar-refractivity contribution in [3.63, 3.8) is 0 Å². The van der Waals surface area contributed by atoms with Gasteiger partial charge in [0.2, 0.25) is 11.8 Å². The Morgan fingerprint density at radius 2 is 1.08 bits per heavy atom. The van der Waals surface area contributed by atoms with E-state index in [1.165, 1.54) is 0 Å². The molecule has 1 saturated carbocycles. The molecule has 0 spiro atoms. The van der Waals surface area contributed by atoms with Crippen LogP contribution in [-0.4, -0.2) is 84.8 Å². The smallest absolute Gasteiger partial charge is 0.229 e. The van der Waals surface area contributed by atoms with Gasteiger partial charge in [-0.25, -0.2) is 0 Å². The predicted octanol–water partition coefficient (Wildman–Crippen LogP) is 4.74. The minimum Gasteiger partial charge on any atom is -0.378 e. The number of carbonyl (C=O) groups excluding carboxylic acids is 2. The van der Waals surface area contributed by atoms with Crippen LogP contribution in [0.15, 0.2) is 72.8 Å². The third-order valence-corrected chi connectivity index (χ3v) is 9.72. The highest BCUT2D eigenvalue weighted by atomic mass is 16.5. The average Bonchev–Trinajstić information content (AvgIpc) is 3.16. The van der Waals surface area contributed by atoms with E-state index in [1.54, 1.807) is 0 Å². The lowest BCUT2D eigenvalue weighted by Crippen LogP contribution is -2.36. The molecule has 0 radical (unpaired) electrons. The van der Waals surface area contributed by atoms with E-state index >= 15 is 0 Å². The summed E-state index contributed by atoms with van der Waals surface area (Å²) in [7, 11) is 0. The summed E-state index contributed by atoms with van der Waals surface area (Å²) < 4.78 is 10.9. The summed E-state index contributed by atoms with van der Waals surface area (Å²) >= 11 is 0. The molecule has 4 aromatic rings. The molecule has 50 heavy (non-hydrogen) atoms. The quantitative estimate of drug-likeness (QED) is 0.243. The van der Waals surface area contributed by atoms with E-state index in [9.17, 15) is 9.59 Å². The second kappa shape index (κ2) is 16.2. The van der Waals surface area contributed by atoms with E-state index in [0.29, 0.717) is 11.6 Å². The summed E-state index contributed by atoms with van der Waals surface area (Å²) in [6, 6.07) is 23.8. The molecule has 12 heteroatoms. The van der Waals surface area contributed by atoms with Crippen molar-refractivity contribution in [3.05, 3.63) is 95.3 Å². The third kappa shape index (κ3) is 8.80. The Labute approximate surface area is 292 Å². The van der Waals surface area contributed by atoms with Crippen molar-refractivity contribution >= 4 is 34.8 Å². The number of nitrogens with zero attached hydrogens (tertiary/aromatic N) is 6. The lowest BCUT2D eigenvalue weighted by Gasteiger charge is -2.29. The summed E-state index contributed by atoms with van der Waals surface area (Å²) in [6.07, 6.45) is 4.50. The van der Waals surface area contributed by atoms with Crippen LogP contribution < -0.4 is 20.4 Å². The number of anilines is 4. The Hall–Kier alpha value is -4.94. The maximum absolute atomic E-state index is 12.8. The fourth-order valence-corrected chi connectivity index (χ4v) is 7.10. The highest BCUT2D eigenvalue weighted by Crippen LogP contribution is 2.40. The number of carbonyl (C=O) groups is 2. The molecule has 2 N–H and O–H groups in total. The van der Waals surface area contributed by atoms with Gasteiger partial charge in [0.15, 0.2) is 11.6 Å². The van der Waals surface area contributed by atoms with Crippen LogP contribution in [0.1, 0.15) is 60.0 Å².